The number of rotatable bonds is 12. The maximum absolute atomic E-state index is 6.28. The number of H-pyrrole nitrogens is 3. The van der Waals surface area contributed by atoms with Crippen LogP contribution in [0.4, 0.5) is 0 Å². The van der Waals surface area contributed by atoms with E-state index in [4.69, 9.17) is 23.9 Å². The summed E-state index contributed by atoms with van der Waals surface area (Å²) in [5, 5.41) is 0. The van der Waals surface area contributed by atoms with E-state index in [1.165, 1.54) is 117 Å². The van der Waals surface area contributed by atoms with Crippen LogP contribution in [-0.4, -0.2) is 47.0 Å². The van der Waals surface area contributed by atoms with E-state index in [0.717, 1.165) is 130 Å². The summed E-state index contributed by atoms with van der Waals surface area (Å²) in [6, 6.07) is 27.3. The number of aliphatic imine (C=N–C) groups is 3. The number of hydrogen-bond acceptors (Lipinski definition) is 10. The first-order chi connectivity index (χ1) is 46.4. The Hall–Kier alpha value is -9.62. The second-order valence-electron chi connectivity index (χ2n) is 29.4. The van der Waals surface area contributed by atoms with E-state index in [9.17, 15) is 0 Å². The number of imidazole rings is 3. The van der Waals surface area contributed by atoms with Gasteiger partial charge in [0.1, 0.15) is 66.9 Å². The molecule has 7 aliphatic heterocycles. The van der Waals surface area contributed by atoms with Crippen LogP contribution in [0.3, 0.4) is 0 Å². The van der Waals surface area contributed by atoms with Crippen molar-refractivity contribution in [3.63, 3.8) is 0 Å². The zero-order chi connectivity index (χ0) is 65.9. The Morgan fingerprint density at radius 1 is 0.292 bits per heavy atom. The van der Waals surface area contributed by atoms with Gasteiger partial charge in [0, 0.05) is 117 Å². The minimum atomic E-state index is 0.361. The lowest BCUT2D eigenvalue weighted by atomic mass is 9.73. The standard InChI is InChI=1S/C29H31N3.2C27H27N3O2/c1-16(2)25-13-24(14-30-25)22-9-18-5-7-20-11-23(26-15-31-29(32-26)17(3)4)12-21-8-6-19(10-22)27(18)28(20)21;1-14(2)21-7-18(10-28-21)16-8-23-26-24(9-16)32-13-20-6-17(5-19(12-31-23)25(20)26)22-11-29-27(30-22)15(3)4;1-14(2)21-7-18(10-28-21)16-5-19-12-32-24-9-17(22-11-29-27(30-22)15(3)4)6-20-13-31-23(8-16)25(19)26(20)24/h9-12,14-17H,5-8,13H2,1-4H3,(H,31,32);2*5-6,8-11,14-15H,7,12-13H2,1-4H3,(H,29,30). The lowest BCUT2D eigenvalue weighted by Crippen LogP contribution is -2.15. The molecule has 10 heterocycles. The largest absolute Gasteiger partial charge is 0.488 e. The summed E-state index contributed by atoms with van der Waals surface area (Å²) in [6.07, 6.45) is 19.2. The van der Waals surface area contributed by atoms with Crippen LogP contribution < -0.4 is 18.9 Å². The zero-order valence-corrected chi connectivity index (χ0v) is 57.5. The molecule has 9 aromatic rings. The summed E-state index contributed by atoms with van der Waals surface area (Å²) >= 11 is 0. The number of aryl methyl sites for hydroxylation is 4. The van der Waals surface area contributed by atoms with Crippen LogP contribution in [0, 0.1) is 17.8 Å². The highest BCUT2D eigenvalue weighted by Crippen LogP contribution is 2.54. The van der Waals surface area contributed by atoms with Crippen LogP contribution in [0.25, 0.3) is 83.9 Å². The normalized spacial score (nSPS) is 16.1. The van der Waals surface area contributed by atoms with Gasteiger partial charge in [-0.3, -0.25) is 15.0 Å². The molecule has 18 rings (SSSR count). The fourth-order valence-corrected chi connectivity index (χ4v) is 15.2. The molecule has 0 amide bonds. The molecule has 0 fully saturated rings. The lowest BCUT2D eigenvalue weighted by Gasteiger charge is -2.31. The first kappa shape index (κ1) is 61.3. The minimum Gasteiger partial charge on any atom is -0.488 e. The van der Waals surface area contributed by atoms with Crippen molar-refractivity contribution in [2.24, 2.45) is 32.7 Å². The summed E-state index contributed by atoms with van der Waals surface area (Å²) in [4.78, 5) is 38.1. The summed E-state index contributed by atoms with van der Waals surface area (Å²) < 4.78 is 25.1. The van der Waals surface area contributed by atoms with E-state index >= 15 is 0 Å². The highest BCUT2D eigenvalue weighted by atomic mass is 16.5. The predicted molar refractivity (Wildman–Crippen MR) is 387 cm³/mol. The van der Waals surface area contributed by atoms with Gasteiger partial charge in [-0.1, -0.05) is 95.2 Å². The number of allylic oxidation sites excluding steroid dienone is 3. The second kappa shape index (κ2) is 24.2. The molecule has 3 N–H and O–H groups in total. The molecule has 0 atom stereocenters. The molecule has 9 aliphatic rings. The van der Waals surface area contributed by atoms with Crippen LogP contribution in [0.5, 0.6) is 23.0 Å². The SMILES string of the molecule is CC(C)C1=NC=C(c2cc3c4c(c2)CCc2cc(-c5cnc(C(C)C)[nH]5)cc(c2-4)CC3)C1.CC(C)C1=NC=C(c2cc3c4c(c2)OCc2cc(-c5cnc(C(C)C)[nH]5)cc(c2-4)CO3)C1.CC(C)C1=NC=C(c2cc3c4c(c2)OCc2cc(-c5cnc(C(C)C)[nH]5)cc(c2-4)OC3)C1. The smallest absolute Gasteiger partial charge is 0.132 e. The molecule has 6 aromatic carbocycles. The Labute approximate surface area is 563 Å². The van der Waals surface area contributed by atoms with Crippen LogP contribution in [0.1, 0.15) is 199 Å². The molecule has 13 nitrogen and oxygen atoms in total. The summed E-state index contributed by atoms with van der Waals surface area (Å²) in [5.41, 5.74) is 36.6. The Balaban J connectivity index is 0.000000113. The van der Waals surface area contributed by atoms with Crippen LogP contribution in [0.2, 0.25) is 0 Å². The minimum absolute atomic E-state index is 0.361. The molecule has 0 saturated carbocycles. The van der Waals surface area contributed by atoms with Gasteiger partial charge in [0.2, 0.25) is 0 Å². The van der Waals surface area contributed by atoms with Crippen molar-refractivity contribution in [2.45, 2.75) is 172 Å². The molecule has 0 bridgehead atoms. The Morgan fingerprint density at radius 3 is 0.875 bits per heavy atom. The van der Waals surface area contributed by atoms with Gasteiger partial charge in [-0.15, -0.1) is 0 Å². The summed E-state index contributed by atoms with van der Waals surface area (Å²) in [5.74, 6) is 9.34. The highest BCUT2D eigenvalue weighted by Gasteiger charge is 2.34. The molecule has 0 radical (unpaired) electrons. The maximum Gasteiger partial charge on any atom is 0.132 e. The Kier molecular flexibility index (Phi) is 15.5. The second-order valence-corrected chi connectivity index (χ2v) is 29.4. The number of benzene rings is 6. The molecular weight excluding hydrogens is 1190 g/mol. The van der Waals surface area contributed by atoms with Crippen LogP contribution in [0.15, 0.2) is 125 Å². The fraction of sp³-hybridized carbons (Fsp3) is 0.349. The van der Waals surface area contributed by atoms with E-state index < -0.39 is 0 Å². The van der Waals surface area contributed by atoms with Crippen molar-refractivity contribution in [3.8, 4) is 90.2 Å². The van der Waals surface area contributed by atoms with E-state index in [1.807, 2.05) is 31.0 Å². The third kappa shape index (κ3) is 11.1. The van der Waals surface area contributed by atoms with Gasteiger partial charge in [0.15, 0.2) is 0 Å². The Bertz CT molecular complexity index is 4260. The third-order valence-corrected chi connectivity index (χ3v) is 20.7. The average molecular weight is 1270 g/mol. The number of nitrogens with one attached hydrogen (secondary N) is 3. The van der Waals surface area contributed by atoms with Crippen molar-refractivity contribution in [1.82, 2.24) is 29.9 Å². The molecule has 0 spiro atoms. The van der Waals surface area contributed by atoms with Crippen LogP contribution in [-0.2, 0) is 52.1 Å². The Morgan fingerprint density at radius 2 is 0.552 bits per heavy atom. The van der Waals surface area contributed by atoms with Gasteiger partial charge < -0.3 is 33.9 Å². The van der Waals surface area contributed by atoms with Crippen molar-refractivity contribution in [1.29, 1.82) is 0 Å². The van der Waals surface area contributed by atoms with Gasteiger partial charge in [0.25, 0.3) is 0 Å². The number of ether oxygens (including phenoxy) is 4. The van der Waals surface area contributed by atoms with Crippen molar-refractivity contribution in [3.05, 3.63) is 189 Å². The molecule has 13 heteroatoms. The lowest BCUT2D eigenvalue weighted by molar-refractivity contribution is 0.276. The molecule has 2 aliphatic carbocycles. The van der Waals surface area contributed by atoms with Gasteiger partial charge in [0.05, 0.1) is 41.2 Å². The van der Waals surface area contributed by atoms with E-state index in [-0.39, 0.29) is 0 Å². The maximum atomic E-state index is 6.28. The average Bonchev–Trinajstić information content (AvgIpc) is 0.922. The molecule has 486 valence electrons. The zero-order valence-electron chi connectivity index (χ0n) is 57.5. The first-order valence-corrected chi connectivity index (χ1v) is 34.9. The highest BCUT2D eigenvalue weighted by molar-refractivity contribution is 6.02. The van der Waals surface area contributed by atoms with E-state index in [0.29, 0.717) is 61.9 Å². The first-order valence-electron chi connectivity index (χ1n) is 34.9. The monoisotopic (exact) mass is 1270 g/mol. The summed E-state index contributed by atoms with van der Waals surface area (Å²) in [6.45, 7) is 28.4. The van der Waals surface area contributed by atoms with E-state index in [1.54, 1.807) is 0 Å². The molecule has 3 aromatic heterocycles. The fourth-order valence-electron chi connectivity index (χ4n) is 15.2. The quantitative estimate of drug-likeness (QED) is 0.110. The topological polar surface area (TPSA) is 160 Å². The predicted octanol–water partition coefficient (Wildman–Crippen LogP) is 19.9. The molecule has 96 heavy (non-hydrogen) atoms. The van der Waals surface area contributed by atoms with Gasteiger partial charge in [-0.05, 0) is 182 Å². The van der Waals surface area contributed by atoms with E-state index in [2.05, 4.69) is 202 Å². The summed E-state index contributed by atoms with van der Waals surface area (Å²) in [7, 11) is 0. The van der Waals surface area contributed by atoms with Crippen molar-refractivity contribution < 1.29 is 18.9 Å². The van der Waals surface area contributed by atoms with Crippen LogP contribution >= 0.6 is 0 Å². The number of aromatic amines is 3. The van der Waals surface area contributed by atoms with Gasteiger partial charge in [-0.2, -0.15) is 0 Å². The van der Waals surface area contributed by atoms with Crippen molar-refractivity contribution >= 4 is 33.9 Å². The third-order valence-electron chi connectivity index (χ3n) is 20.7. The molecule has 0 unspecified atom stereocenters. The van der Waals surface area contributed by atoms with Gasteiger partial charge in [-0.25, -0.2) is 15.0 Å². The van der Waals surface area contributed by atoms with Gasteiger partial charge >= 0.3 is 0 Å². The number of nitrogens with zero attached hydrogens (tertiary/aromatic N) is 6. The number of aromatic nitrogens is 6. The van der Waals surface area contributed by atoms with Crippen molar-refractivity contribution in [2.75, 3.05) is 0 Å². The number of hydrogen-bond donors (Lipinski definition) is 3. The molecule has 0 saturated heterocycles. The molecular formula is C83H85N9O4.